The number of nitrogens with one attached hydrogen (secondary N) is 1. The number of rotatable bonds is 6. The smallest absolute Gasteiger partial charge is 0.227 e. The van der Waals surface area contributed by atoms with Gasteiger partial charge in [0, 0.05) is 37.8 Å². The van der Waals surface area contributed by atoms with Crippen LogP contribution in [0.2, 0.25) is 0 Å². The van der Waals surface area contributed by atoms with Crippen LogP contribution in [0.4, 0.5) is 17.3 Å². The Morgan fingerprint density at radius 2 is 1.58 bits per heavy atom. The highest BCUT2D eigenvalue weighted by Gasteiger charge is 2.19. The minimum atomic E-state index is 0.0424. The van der Waals surface area contributed by atoms with E-state index in [1.807, 2.05) is 19.9 Å². The fourth-order valence-electron chi connectivity index (χ4n) is 3.26. The molecule has 1 aliphatic heterocycles. The molecule has 26 heavy (non-hydrogen) atoms. The van der Waals surface area contributed by atoms with E-state index in [4.69, 9.17) is 0 Å². The lowest BCUT2D eigenvalue weighted by atomic mass is 10.0. The van der Waals surface area contributed by atoms with Crippen LogP contribution < -0.4 is 15.1 Å². The lowest BCUT2D eigenvalue weighted by molar-refractivity contribution is -0.120. The molecule has 1 saturated heterocycles. The minimum absolute atomic E-state index is 0.0424. The Morgan fingerprint density at radius 1 is 1.00 bits per heavy atom. The van der Waals surface area contributed by atoms with Crippen molar-refractivity contribution in [2.45, 2.75) is 26.7 Å². The quantitative estimate of drug-likeness (QED) is 0.864. The molecule has 1 aromatic carbocycles. The molecule has 0 bridgehead atoms. The maximum Gasteiger partial charge on any atom is 0.227 e. The number of nitrogens with zero attached hydrogens (tertiary/aromatic N) is 4. The van der Waals surface area contributed by atoms with E-state index in [1.165, 1.54) is 5.69 Å². The Kier molecular flexibility index (Phi) is 6.04. The highest BCUT2D eigenvalue weighted by Crippen LogP contribution is 2.19. The Balaban J connectivity index is 1.55. The van der Waals surface area contributed by atoms with Crippen LogP contribution in [-0.4, -0.2) is 42.1 Å². The van der Waals surface area contributed by atoms with Gasteiger partial charge in [-0.05, 0) is 25.0 Å². The van der Waals surface area contributed by atoms with Crippen molar-refractivity contribution in [2.24, 2.45) is 5.92 Å². The normalized spacial score (nSPS) is 14.6. The average molecular weight is 353 g/mol. The Morgan fingerprint density at radius 3 is 2.15 bits per heavy atom. The van der Waals surface area contributed by atoms with E-state index < -0.39 is 0 Å². The minimum Gasteiger partial charge on any atom is -0.368 e. The summed E-state index contributed by atoms with van der Waals surface area (Å²) in [5.41, 5.74) is 1.92. The first kappa shape index (κ1) is 18.2. The van der Waals surface area contributed by atoms with Crippen LogP contribution in [0.1, 0.15) is 26.7 Å². The molecule has 1 aromatic heterocycles. The van der Waals surface area contributed by atoms with Gasteiger partial charge in [0.1, 0.15) is 0 Å². The molecule has 3 rings (SSSR count). The number of hydrogen-bond donors (Lipinski definition) is 1. The lowest BCUT2D eigenvalue weighted by Gasteiger charge is -2.36. The number of anilines is 3. The molecule has 2 heterocycles. The van der Waals surface area contributed by atoms with Gasteiger partial charge >= 0.3 is 0 Å². The van der Waals surface area contributed by atoms with E-state index in [0.717, 1.165) is 45.0 Å². The number of hydrogen-bond acceptors (Lipinski definition) is 5. The predicted molar refractivity (Wildman–Crippen MR) is 106 cm³/mol. The van der Waals surface area contributed by atoms with E-state index in [1.54, 1.807) is 12.4 Å². The van der Waals surface area contributed by atoms with Gasteiger partial charge in [-0.1, -0.05) is 32.0 Å². The number of carbonyl (C=O) groups excluding carboxylic acids is 1. The van der Waals surface area contributed by atoms with Gasteiger partial charge in [-0.3, -0.25) is 4.79 Å². The third-order valence-corrected chi connectivity index (χ3v) is 4.95. The molecule has 6 heteroatoms. The van der Waals surface area contributed by atoms with E-state index in [-0.39, 0.29) is 11.8 Å². The molecule has 0 radical (unpaired) electrons. The molecule has 0 aliphatic carbocycles. The summed E-state index contributed by atoms with van der Waals surface area (Å²) in [6.07, 6.45) is 5.08. The number of carbonyl (C=O) groups is 1. The van der Waals surface area contributed by atoms with Crippen LogP contribution in [0.5, 0.6) is 0 Å². The third kappa shape index (κ3) is 4.31. The summed E-state index contributed by atoms with van der Waals surface area (Å²) in [7, 11) is 0. The van der Waals surface area contributed by atoms with Crippen molar-refractivity contribution in [3.8, 4) is 0 Å². The Bertz CT molecular complexity index is 692. The van der Waals surface area contributed by atoms with Crippen LogP contribution in [0, 0.1) is 5.92 Å². The molecule has 138 valence electrons. The second-order valence-electron chi connectivity index (χ2n) is 6.58. The van der Waals surface area contributed by atoms with Gasteiger partial charge in [0.2, 0.25) is 11.9 Å². The standard InChI is InChI=1S/C20H27N5O/c1-3-16(4-2)19(26)23-17-14-21-20(22-15-17)25-12-10-24(11-13-25)18-8-6-5-7-9-18/h5-9,14-16H,3-4,10-13H2,1-2H3,(H,23,26). The molecule has 6 nitrogen and oxygen atoms in total. The topological polar surface area (TPSA) is 61.4 Å². The zero-order chi connectivity index (χ0) is 18.4. The van der Waals surface area contributed by atoms with Crippen LogP contribution in [0.25, 0.3) is 0 Å². The first-order valence-electron chi connectivity index (χ1n) is 9.39. The molecule has 1 N–H and O–H groups in total. The number of amides is 1. The third-order valence-electron chi connectivity index (χ3n) is 4.95. The van der Waals surface area contributed by atoms with Crippen LogP contribution in [0.3, 0.4) is 0 Å². The summed E-state index contributed by atoms with van der Waals surface area (Å²) in [6, 6.07) is 10.5. The number of benzene rings is 1. The van der Waals surface area contributed by atoms with E-state index in [9.17, 15) is 4.79 Å². The fourth-order valence-corrected chi connectivity index (χ4v) is 3.26. The molecule has 1 amide bonds. The molecular formula is C20H27N5O. The first-order valence-corrected chi connectivity index (χ1v) is 9.39. The maximum atomic E-state index is 12.1. The Labute approximate surface area is 155 Å². The number of aromatic nitrogens is 2. The number of piperazine rings is 1. The van der Waals surface area contributed by atoms with E-state index in [2.05, 4.69) is 49.4 Å². The molecule has 1 aliphatic rings. The lowest BCUT2D eigenvalue weighted by Crippen LogP contribution is -2.47. The summed E-state index contributed by atoms with van der Waals surface area (Å²) in [5.74, 6) is 0.807. The second-order valence-corrected chi connectivity index (χ2v) is 6.58. The molecule has 1 fully saturated rings. The monoisotopic (exact) mass is 353 g/mol. The van der Waals surface area contributed by atoms with Gasteiger partial charge < -0.3 is 15.1 Å². The summed E-state index contributed by atoms with van der Waals surface area (Å²) in [6.45, 7) is 7.72. The van der Waals surface area contributed by atoms with Crippen molar-refractivity contribution in [1.29, 1.82) is 0 Å². The molecular weight excluding hydrogens is 326 g/mol. The SMILES string of the molecule is CCC(CC)C(=O)Nc1cnc(N2CCN(c3ccccc3)CC2)nc1. The predicted octanol–water partition coefficient (Wildman–Crippen LogP) is 3.18. The van der Waals surface area contributed by atoms with Crippen LogP contribution in [0.15, 0.2) is 42.7 Å². The van der Waals surface area contributed by atoms with Gasteiger partial charge in [-0.2, -0.15) is 0 Å². The van der Waals surface area contributed by atoms with Crippen molar-refractivity contribution in [1.82, 2.24) is 9.97 Å². The molecule has 0 unspecified atom stereocenters. The van der Waals surface area contributed by atoms with Crippen molar-refractivity contribution in [2.75, 3.05) is 41.3 Å². The van der Waals surface area contributed by atoms with E-state index in [0.29, 0.717) is 5.69 Å². The van der Waals surface area contributed by atoms with Crippen molar-refractivity contribution < 1.29 is 4.79 Å². The molecule has 2 aromatic rings. The summed E-state index contributed by atoms with van der Waals surface area (Å²) < 4.78 is 0. The molecule has 0 atom stereocenters. The van der Waals surface area contributed by atoms with Crippen molar-refractivity contribution in [3.05, 3.63) is 42.7 Å². The zero-order valence-corrected chi connectivity index (χ0v) is 15.6. The zero-order valence-electron chi connectivity index (χ0n) is 15.6. The largest absolute Gasteiger partial charge is 0.368 e. The summed E-state index contributed by atoms with van der Waals surface area (Å²) in [5, 5.41) is 2.91. The molecule has 0 spiro atoms. The van der Waals surface area contributed by atoms with Gasteiger partial charge in [0.15, 0.2) is 0 Å². The van der Waals surface area contributed by atoms with Crippen LogP contribution >= 0.6 is 0 Å². The summed E-state index contributed by atoms with van der Waals surface area (Å²) in [4.78, 5) is 25.6. The van der Waals surface area contributed by atoms with E-state index >= 15 is 0 Å². The van der Waals surface area contributed by atoms with Gasteiger partial charge in [0.05, 0.1) is 18.1 Å². The van der Waals surface area contributed by atoms with Crippen LogP contribution in [-0.2, 0) is 4.79 Å². The first-order chi connectivity index (χ1) is 12.7. The van der Waals surface area contributed by atoms with Gasteiger partial charge in [-0.25, -0.2) is 9.97 Å². The maximum absolute atomic E-state index is 12.1. The van der Waals surface area contributed by atoms with Gasteiger partial charge in [0.25, 0.3) is 0 Å². The fraction of sp³-hybridized carbons (Fsp3) is 0.450. The van der Waals surface area contributed by atoms with Crippen molar-refractivity contribution >= 4 is 23.2 Å². The molecule has 0 saturated carbocycles. The highest BCUT2D eigenvalue weighted by molar-refractivity contribution is 5.92. The Hall–Kier alpha value is -2.63. The highest BCUT2D eigenvalue weighted by atomic mass is 16.1. The second kappa shape index (κ2) is 8.65. The average Bonchev–Trinajstić information content (AvgIpc) is 2.70. The van der Waals surface area contributed by atoms with Crippen molar-refractivity contribution in [3.63, 3.8) is 0 Å². The summed E-state index contributed by atoms with van der Waals surface area (Å²) >= 11 is 0. The number of para-hydroxylation sites is 1. The van der Waals surface area contributed by atoms with Gasteiger partial charge in [-0.15, -0.1) is 0 Å².